The molecule has 0 spiro atoms. The Morgan fingerprint density at radius 1 is 0.960 bits per heavy atom. The third kappa shape index (κ3) is 5.63. The molecule has 0 N–H and O–H groups in total. The molecular formula is C22H28O3. The van der Waals surface area contributed by atoms with Gasteiger partial charge in [0, 0.05) is 6.42 Å². The van der Waals surface area contributed by atoms with Crippen molar-refractivity contribution in [2.24, 2.45) is 0 Å². The molecule has 0 radical (unpaired) electrons. The third-order valence-corrected chi connectivity index (χ3v) is 4.67. The van der Waals surface area contributed by atoms with E-state index in [0.29, 0.717) is 18.8 Å². The first-order chi connectivity index (χ1) is 12.0. The number of methoxy groups -OCH3 is 1. The van der Waals surface area contributed by atoms with Gasteiger partial charge in [-0.05, 0) is 54.5 Å². The van der Waals surface area contributed by atoms with E-state index in [0.717, 1.165) is 17.7 Å². The Labute approximate surface area is 151 Å². The summed E-state index contributed by atoms with van der Waals surface area (Å²) in [7, 11) is 1.63. The van der Waals surface area contributed by atoms with Crippen LogP contribution in [0, 0.1) is 0 Å². The lowest BCUT2D eigenvalue weighted by molar-refractivity contribution is -0.148. The predicted molar refractivity (Wildman–Crippen MR) is 101 cm³/mol. The van der Waals surface area contributed by atoms with Crippen LogP contribution in [0.1, 0.15) is 62.3 Å². The molecule has 3 nitrogen and oxygen atoms in total. The van der Waals surface area contributed by atoms with Gasteiger partial charge in [-0.25, -0.2) is 0 Å². The van der Waals surface area contributed by atoms with E-state index in [4.69, 9.17) is 9.47 Å². The van der Waals surface area contributed by atoms with Crippen molar-refractivity contribution in [1.82, 2.24) is 0 Å². The van der Waals surface area contributed by atoms with Crippen LogP contribution in [0.4, 0.5) is 0 Å². The second-order valence-corrected chi connectivity index (χ2v) is 6.46. The van der Waals surface area contributed by atoms with E-state index in [-0.39, 0.29) is 12.1 Å². The van der Waals surface area contributed by atoms with Crippen molar-refractivity contribution in [1.29, 1.82) is 0 Å². The topological polar surface area (TPSA) is 35.5 Å². The lowest BCUT2D eigenvalue weighted by atomic mass is 9.97. The van der Waals surface area contributed by atoms with Crippen LogP contribution in [0.25, 0.3) is 0 Å². The molecule has 2 rings (SSSR count). The normalized spacial score (nSPS) is 13.1. The van der Waals surface area contributed by atoms with E-state index in [2.05, 4.69) is 38.1 Å². The summed E-state index contributed by atoms with van der Waals surface area (Å²) >= 11 is 0. The lowest BCUT2D eigenvalue weighted by Crippen LogP contribution is -2.09. The SMILES string of the molecule is CCC(C)c1ccc(CCC(=O)OC(C)c2ccc(OC)cc2)cc1. The van der Waals surface area contributed by atoms with Gasteiger partial charge in [-0.3, -0.25) is 4.79 Å². The maximum atomic E-state index is 12.1. The van der Waals surface area contributed by atoms with Gasteiger partial charge >= 0.3 is 5.97 Å². The monoisotopic (exact) mass is 340 g/mol. The van der Waals surface area contributed by atoms with Crippen LogP contribution in [-0.2, 0) is 16.0 Å². The molecule has 0 fully saturated rings. The highest BCUT2D eigenvalue weighted by Crippen LogP contribution is 2.22. The third-order valence-electron chi connectivity index (χ3n) is 4.67. The molecule has 0 saturated carbocycles. The minimum Gasteiger partial charge on any atom is -0.497 e. The van der Waals surface area contributed by atoms with Gasteiger partial charge in [0.1, 0.15) is 11.9 Å². The molecule has 2 aromatic rings. The summed E-state index contributed by atoms with van der Waals surface area (Å²) in [5.74, 6) is 1.20. The maximum Gasteiger partial charge on any atom is 0.306 e. The van der Waals surface area contributed by atoms with Gasteiger partial charge in [0.25, 0.3) is 0 Å². The molecule has 0 aromatic heterocycles. The summed E-state index contributed by atoms with van der Waals surface area (Å²) < 4.78 is 10.7. The molecule has 2 atom stereocenters. The number of aryl methyl sites for hydroxylation is 1. The van der Waals surface area contributed by atoms with Gasteiger partial charge < -0.3 is 9.47 Å². The van der Waals surface area contributed by atoms with Gasteiger partial charge in [-0.1, -0.05) is 50.2 Å². The van der Waals surface area contributed by atoms with Crippen molar-refractivity contribution in [2.45, 2.75) is 52.1 Å². The number of carbonyl (C=O) groups is 1. The first-order valence-electron chi connectivity index (χ1n) is 8.95. The fourth-order valence-corrected chi connectivity index (χ4v) is 2.69. The van der Waals surface area contributed by atoms with Crippen LogP contribution in [0.15, 0.2) is 48.5 Å². The first kappa shape index (κ1) is 19.0. The van der Waals surface area contributed by atoms with Crippen LogP contribution in [-0.4, -0.2) is 13.1 Å². The number of hydrogen-bond acceptors (Lipinski definition) is 3. The quantitative estimate of drug-likeness (QED) is 0.600. The number of carbonyl (C=O) groups excluding carboxylic acids is 1. The zero-order valence-corrected chi connectivity index (χ0v) is 15.6. The molecule has 0 aliphatic heterocycles. The number of esters is 1. The van der Waals surface area contributed by atoms with Gasteiger partial charge in [0.15, 0.2) is 0 Å². The van der Waals surface area contributed by atoms with Crippen LogP contribution in [0.5, 0.6) is 5.75 Å². The molecule has 0 amide bonds. The average Bonchev–Trinajstić information content (AvgIpc) is 2.66. The van der Waals surface area contributed by atoms with Crippen molar-refractivity contribution < 1.29 is 14.3 Å². The Bertz CT molecular complexity index is 659. The van der Waals surface area contributed by atoms with E-state index in [1.54, 1.807) is 7.11 Å². The Morgan fingerprint density at radius 3 is 2.12 bits per heavy atom. The van der Waals surface area contributed by atoms with Gasteiger partial charge in [-0.15, -0.1) is 0 Å². The highest BCUT2D eigenvalue weighted by atomic mass is 16.5. The predicted octanol–water partition coefficient (Wildman–Crippen LogP) is 5.45. The summed E-state index contributed by atoms with van der Waals surface area (Å²) in [6.45, 7) is 6.31. The molecule has 0 heterocycles. The molecular weight excluding hydrogens is 312 g/mol. The Hall–Kier alpha value is -2.29. The number of hydrogen-bond donors (Lipinski definition) is 0. The van der Waals surface area contributed by atoms with Gasteiger partial charge in [0.2, 0.25) is 0 Å². The van der Waals surface area contributed by atoms with Crippen LogP contribution in [0.2, 0.25) is 0 Å². The first-order valence-corrected chi connectivity index (χ1v) is 8.95. The second-order valence-electron chi connectivity index (χ2n) is 6.46. The van der Waals surface area contributed by atoms with Crippen molar-refractivity contribution >= 4 is 5.97 Å². The minimum absolute atomic E-state index is 0.172. The van der Waals surface area contributed by atoms with Crippen molar-refractivity contribution in [3.63, 3.8) is 0 Å². The zero-order chi connectivity index (χ0) is 18.2. The lowest BCUT2D eigenvalue weighted by Gasteiger charge is -2.14. The van der Waals surface area contributed by atoms with Crippen molar-refractivity contribution in [2.75, 3.05) is 7.11 Å². The molecule has 2 aromatic carbocycles. The molecule has 0 aliphatic rings. The van der Waals surface area contributed by atoms with Gasteiger partial charge in [0.05, 0.1) is 7.11 Å². The smallest absolute Gasteiger partial charge is 0.306 e. The largest absolute Gasteiger partial charge is 0.497 e. The molecule has 134 valence electrons. The number of benzene rings is 2. The van der Waals surface area contributed by atoms with E-state index in [1.165, 1.54) is 11.1 Å². The van der Waals surface area contributed by atoms with E-state index < -0.39 is 0 Å². The number of ether oxygens (including phenoxy) is 2. The van der Waals surface area contributed by atoms with Crippen molar-refractivity contribution in [3.05, 3.63) is 65.2 Å². The fraction of sp³-hybridized carbons (Fsp3) is 0.409. The van der Waals surface area contributed by atoms with Crippen LogP contribution in [0.3, 0.4) is 0 Å². The Morgan fingerprint density at radius 2 is 1.56 bits per heavy atom. The number of rotatable bonds is 8. The van der Waals surface area contributed by atoms with Crippen LogP contribution < -0.4 is 4.74 Å². The summed E-state index contributed by atoms with van der Waals surface area (Å²) in [6, 6.07) is 16.1. The molecule has 0 bridgehead atoms. The fourth-order valence-electron chi connectivity index (χ4n) is 2.69. The summed E-state index contributed by atoms with van der Waals surface area (Å²) in [4.78, 5) is 12.1. The zero-order valence-electron chi connectivity index (χ0n) is 15.6. The molecule has 2 unspecified atom stereocenters. The van der Waals surface area contributed by atoms with Gasteiger partial charge in [-0.2, -0.15) is 0 Å². The van der Waals surface area contributed by atoms with E-state index in [9.17, 15) is 4.79 Å². The molecule has 25 heavy (non-hydrogen) atoms. The van der Waals surface area contributed by atoms with E-state index >= 15 is 0 Å². The molecule has 0 saturated heterocycles. The highest BCUT2D eigenvalue weighted by molar-refractivity contribution is 5.70. The summed E-state index contributed by atoms with van der Waals surface area (Å²) in [5, 5.41) is 0. The Balaban J connectivity index is 1.83. The minimum atomic E-state index is -0.258. The van der Waals surface area contributed by atoms with E-state index in [1.807, 2.05) is 31.2 Å². The second kappa shape index (κ2) is 9.26. The highest BCUT2D eigenvalue weighted by Gasteiger charge is 2.12. The maximum absolute atomic E-state index is 12.1. The summed E-state index contributed by atoms with van der Waals surface area (Å²) in [6.07, 6.45) is 1.97. The summed E-state index contributed by atoms with van der Waals surface area (Å²) in [5.41, 5.74) is 3.48. The molecule has 0 aliphatic carbocycles. The Kier molecular flexibility index (Phi) is 7.05. The standard InChI is InChI=1S/C22H28O3/c1-5-16(2)19-9-6-18(7-10-19)8-15-22(23)25-17(3)20-11-13-21(24-4)14-12-20/h6-7,9-14,16-17H,5,8,15H2,1-4H3. The average molecular weight is 340 g/mol. The van der Waals surface area contributed by atoms with Crippen LogP contribution >= 0.6 is 0 Å². The molecule has 3 heteroatoms. The van der Waals surface area contributed by atoms with Crippen molar-refractivity contribution in [3.8, 4) is 5.75 Å².